The molecule has 13 nitrogen and oxygen atoms in total. The number of fused-ring (bicyclic) bond motifs is 2. The van der Waals surface area contributed by atoms with Gasteiger partial charge in [0.2, 0.25) is 0 Å². The maximum Gasteiger partial charge on any atom is 0.335 e. The number of aryl methyl sites for hydroxylation is 4. The van der Waals surface area contributed by atoms with E-state index in [0.717, 1.165) is 109 Å². The Morgan fingerprint density at radius 2 is 1.03 bits per heavy atom. The van der Waals surface area contributed by atoms with Crippen LogP contribution in [0, 0.1) is 13.8 Å². The third-order valence-corrected chi connectivity index (χ3v) is 13.3. The van der Waals surface area contributed by atoms with Crippen LogP contribution in [0.1, 0.15) is 113 Å². The van der Waals surface area contributed by atoms with Gasteiger partial charge in [-0.3, -0.25) is 14.4 Å². The van der Waals surface area contributed by atoms with Crippen molar-refractivity contribution in [3.05, 3.63) is 179 Å². The summed E-state index contributed by atoms with van der Waals surface area (Å²) in [6.45, 7) is 8.20. The van der Waals surface area contributed by atoms with Gasteiger partial charge in [-0.2, -0.15) is 0 Å². The van der Waals surface area contributed by atoms with E-state index < -0.39 is 5.97 Å². The van der Waals surface area contributed by atoms with Crippen molar-refractivity contribution in [1.29, 1.82) is 0 Å². The second-order valence-electron chi connectivity index (χ2n) is 19.1. The summed E-state index contributed by atoms with van der Waals surface area (Å²) in [6.07, 6.45) is 19.1. The number of aromatic carboxylic acids is 1. The summed E-state index contributed by atoms with van der Waals surface area (Å²) in [5, 5.41) is 14.3. The molecule has 2 aliphatic rings. The van der Waals surface area contributed by atoms with Crippen molar-refractivity contribution < 1.29 is 33.1 Å². The number of carbonyl (C=O) groups excluding carboxylic acids is 3. The largest absolute Gasteiger partial charge is 0.478 e. The second-order valence-corrected chi connectivity index (χ2v) is 19.1. The van der Waals surface area contributed by atoms with Crippen LogP contribution >= 0.6 is 0 Å². The fourth-order valence-electron chi connectivity index (χ4n) is 9.10. The maximum atomic E-state index is 12.8. The Bertz CT molecular complexity index is 3290. The molecule has 2 aliphatic heterocycles. The predicted molar refractivity (Wildman–Crippen MR) is 305 cm³/mol. The zero-order valence-corrected chi connectivity index (χ0v) is 42.6. The summed E-state index contributed by atoms with van der Waals surface area (Å²) in [4.78, 5) is 58.4. The first-order valence-corrected chi connectivity index (χ1v) is 25.7. The smallest absolute Gasteiger partial charge is 0.335 e. The number of rotatable bonds is 14. The van der Waals surface area contributed by atoms with E-state index in [1.165, 1.54) is 38.8 Å². The molecule has 6 N–H and O–H groups in total. The lowest BCUT2D eigenvalue weighted by Crippen LogP contribution is -2.35. The molecule has 1 amide bonds. The molecule has 0 unspecified atom stereocenters. The van der Waals surface area contributed by atoms with Crippen molar-refractivity contribution in [1.82, 2.24) is 20.2 Å². The Balaban J connectivity index is 0.000000198. The van der Waals surface area contributed by atoms with Crippen LogP contribution in [0.2, 0.25) is 0 Å². The standard InChI is InChI=1S/C31H31N3O3.C26H22N2O4.C5H11N.CH4/c1-21-17-25(23-7-9-24(10-8-23)31(36)34-15-3-2-4-16-34)18-26-19-28(37-30(21)26)13-12-27(35)11-5-22-6-14-29(32)33-20-22;1-16-12-20(18-4-6-19(7-5-18)26(30)31)13-21-14-23(32-25(16)21)10-9-22(29)8-2-17-3-11-24(27)28-15-17;1-2-4-6-5-3-1;/h5-11,14,17-20H,2-4,12-13,15-16H2,1H3,(H2,32,33);2-8,11-15H,9-10H2,1H3,(H2,27,28)(H,30,31);6H,1-5H2;1H4/b11-5+;8-2+;;. The molecule has 76 heavy (non-hydrogen) atoms. The number of anilines is 2. The SMILES string of the molecule is C.C1CCNCC1.Cc1cc(-c2ccc(C(=O)N3CCCCC3)cc2)cc2cc(CCC(=O)/C=C/c3ccc(N)nc3)oc12.Cc1cc(-c2ccc(C(=O)O)cc2)cc2cc(CCC(=O)/C=C/c3ccc(N)nc3)oc12. The summed E-state index contributed by atoms with van der Waals surface area (Å²) < 4.78 is 12.1. The lowest BCUT2D eigenvalue weighted by molar-refractivity contribution is -0.115. The Morgan fingerprint density at radius 3 is 1.42 bits per heavy atom. The molecule has 4 aromatic heterocycles. The van der Waals surface area contributed by atoms with Crippen LogP contribution in [-0.2, 0) is 22.4 Å². The number of furan rings is 2. The molecule has 392 valence electrons. The number of amides is 1. The van der Waals surface area contributed by atoms with Crippen molar-refractivity contribution in [2.24, 2.45) is 0 Å². The van der Waals surface area contributed by atoms with Crippen molar-refractivity contribution in [2.45, 2.75) is 85.5 Å². The fraction of sp³-hybridized carbons (Fsp3) is 0.270. The number of piperidine rings is 2. The number of nitrogen functional groups attached to an aromatic ring is 2. The Kier molecular flexibility index (Phi) is 19.4. The summed E-state index contributed by atoms with van der Waals surface area (Å²) in [7, 11) is 0. The number of hydrogen-bond donors (Lipinski definition) is 4. The van der Waals surface area contributed by atoms with Gasteiger partial charge < -0.3 is 35.6 Å². The molecule has 0 saturated carbocycles. The number of allylic oxidation sites excluding steroid dienone is 2. The van der Waals surface area contributed by atoms with Crippen LogP contribution in [-0.4, -0.2) is 69.6 Å². The quantitative estimate of drug-likeness (QED) is 0.0750. The summed E-state index contributed by atoms with van der Waals surface area (Å²) in [5.41, 5.74) is 21.5. The lowest BCUT2D eigenvalue weighted by atomic mass is 9.99. The number of ketones is 2. The summed E-state index contributed by atoms with van der Waals surface area (Å²) >= 11 is 0. The van der Waals surface area contributed by atoms with Gasteiger partial charge in [-0.1, -0.05) is 38.1 Å². The Labute approximate surface area is 444 Å². The van der Waals surface area contributed by atoms with Crippen LogP contribution in [0.4, 0.5) is 11.6 Å². The molecular formula is C63H68N6O7. The minimum Gasteiger partial charge on any atom is -0.478 e. The van der Waals surface area contributed by atoms with Crippen LogP contribution < -0.4 is 16.8 Å². The second kappa shape index (κ2) is 26.7. The van der Waals surface area contributed by atoms with E-state index in [4.69, 9.17) is 25.4 Å². The predicted octanol–water partition coefficient (Wildman–Crippen LogP) is 12.9. The zero-order valence-electron chi connectivity index (χ0n) is 42.6. The molecule has 2 saturated heterocycles. The molecule has 10 rings (SSSR count). The lowest BCUT2D eigenvalue weighted by Gasteiger charge is -2.26. The van der Waals surface area contributed by atoms with Gasteiger partial charge in [0.1, 0.15) is 34.3 Å². The third-order valence-electron chi connectivity index (χ3n) is 13.3. The van der Waals surface area contributed by atoms with Gasteiger partial charge in [-0.15, -0.1) is 0 Å². The number of pyridine rings is 2. The number of carboxylic acids is 1. The van der Waals surface area contributed by atoms with Crippen molar-refractivity contribution in [2.75, 3.05) is 37.6 Å². The highest BCUT2D eigenvalue weighted by molar-refractivity contribution is 5.96. The highest BCUT2D eigenvalue weighted by Gasteiger charge is 2.19. The maximum absolute atomic E-state index is 12.8. The number of benzene rings is 4. The highest BCUT2D eigenvalue weighted by Crippen LogP contribution is 2.32. The van der Waals surface area contributed by atoms with Gasteiger partial charge in [-0.25, -0.2) is 14.8 Å². The first-order chi connectivity index (χ1) is 36.3. The van der Waals surface area contributed by atoms with E-state index in [9.17, 15) is 19.2 Å². The summed E-state index contributed by atoms with van der Waals surface area (Å²) in [6, 6.07) is 33.9. The monoisotopic (exact) mass is 1020 g/mol. The van der Waals surface area contributed by atoms with Gasteiger partial charge in [0, 0.05) is 67.5 Å². The van der Waals surface area contributed by atoms with Gasteiger partial charge in [0.15, 0.2) is 11.6 Å². The average molecular weight is 1020 g/mol. The molecule has 13 heteroatoms. The first-order valence-electron chi connectivity index (χ1n) is 25.7. The van der Waals surface area contributed by atoms with Crippen LogP contribution in [0.3, 0.4) is 0 Å². The van der Waals surface area contributed by atoms with E-state index in [-0.39, 0.29) is 30.5 Å². The molecule has 2 fully saturated rings. The molecule has 0 bridgehead atoms. The van der Waals surface area contributed by atoms with E-state index in [0.29, 0.717) is 37.3 Å². The normalized spacial score (nSPS) is 13.4. The molecule has 0 spiro atoms. The minimum absolute atomic E-state index is 0. The number of carbonyl (C=O) groups is 4. The molecule has 0 atom stereocenters. The van der Waals surface area contributed by atoms with Crippen molar-refractivity contribution in [3.63, 3.8) is 0 Å². The number of nitrogens with two attached hydrogens (primary N) is 2. The number of nitrogens with zero attached hydrogens (tertiary/aromatic N) is 3. The van der Waals surface area contributed by atoms with Gasteiger partial charge in [-0.05, 0) is 213 Å². The number of nitrogens with one attached hydrogen (secondary N) is 1. The molecule has 4 aromatic carbocycles. The highest BCUT2D eigenvalue weighted by atomic mass is 16.4. The molecule has 0 radical (unpaired) electrons. The van der Waals surface area contributed by atoms with Crippen molar-refractivity contribution in [3.8, 4) is 22.3 Å². The van der Waals surface area contributed by atoms with E-state index >= 15 is 0 Å². The van der Waals surface area contributed by atoms with Gasteiger partial charge in [0.25, 0.3) is 5.91 Å². The Hall–Kier alpha value is -8.42. The molecule has 8 aromatic rings. The molecular weight excluding hydrogens is 953 g/mol. The van der Waals surface area contributed by atoms with Gasteiger partial charge >= 0.3 is 5.97 Å². The number of carboxylic acid groups (broad SMARTS) is 1. The number of likely N-dealkylation sites (tertiary alicyclic amines) is 1. The van der Waals surface area contributed by atoms with Crippen LogP contribution in [0.15, 0.2) is 143 Å². The van der Waals surface area contributed by atoms with Crippen molar-refractivity contribution >= 4 is 69.2 Å². The minimum atomic E-state index is -0.947. The van der Waals surface area contributed by atoms with Gasteiger partial charge in [0.05, 0.1) is 5.56 Å². The van der Waals surface area contributed by atoms with E-state index in [1.807, 2.05) is 73.3 Å². The van der Waals surface area contributed by atoms with E-state index in [1.54, 1.807) is 79.2 Å². The number of aromatic nitrogens is 2. The zero-order chi connectivity index (χ0) is 52.7. The number of hydrogen-bond acceptors (Lipinski definition) is 11. The first kappa shape index (κ1) is 55.3. The van der Waals surface area contributed by atoms with Crippen LogP contribution in [0.25, 0.3) is 56.3 Å². The fourth-order valence-corrected chi connectivity index (χ4v) is 9.10. The Morgan fingerprint density at radius 1 is 0.579 bits per heavy atom. The van der Waals surface area contributed by atoms with E-state index in [2.05, 4.69) is 27.4 Å². The topological polar surface area (TPSA) is 208 Å². The van der Waals surface area contributed by atoms with Crippen LogP contribution in [0.5, 0.6) is 0 Å². The summed E-state index contributed by atoms with van der Waals surface area (Å²) in [5.74, 6) is 1.61. The average Bonchev–Trinajstić information content (AvgIpc) is 4.08. The molecule has 6 heterocycles. The molecule has 0 aliphatic carbocycles. The third kappa shape index (κ3) is 15.3.